The van der Waals surface area contributed by atoms with Crippen LogP contribution < -0.4 is 10.3 Å². The number of Topliss-reactive ketones (excluding diaryl/α,β-unsaturated/α-hetero) is 1. The maximum Gasteiger partial charge on any atom is 0.336 e. The Labute approximate surface area is 159 Å². The first-order valence-corrected chi connectivity index (χ1v) is 10.0. The number of fused-ring (bicyclic) bond motifs is 1. The summed E-state index contributed by atoms with van der Waals surface area (Å²) >= 11 is 0. The zero-order chi connectivity index (χ0) is 18.8. The molecule has 27 heavy (non-hydrogen) atoms. The molecule has 142 valence electrons. The molecule has 0 bridgehead atoms. The summed E-state index contributed by atoms with van der Waals surface area (Å²) in [5, 5.41) is 3.33. The highest BCUT2D eigenvalue weighted by Crippen LogP contribution is 2.43. The van der Waals surface area contributed by atoms with E-state index in [0.717, 1.165) is 49.1 Å². The fourth-order valence-electron chi connectivity index (χ4n) is 4.65. The van der Waals surface area contributed by atoms with E-state index < -0.39 is 0 Å². The molecule has 5 heteroatoms. The zero-order valence-electron chi connectivity index (χ0n) is 15.8. The summed E-state index contributed by atoms with van der Waals surface area (Å²) in [7, 11) is 0. The van der Waals surface area contributed by atoms with Gasteiger partial charge in [0.1, 0.15) is 11.9 Å². The van der Waals surface area contributed by atoms with Crippen molar-refractivity contribution in [3.05, 3.63) is 53.1 Å². The van der Waals surface area contributed by atoms with Gasteiger partial charge in [-0.25, -0.2) is 9.78 Å². The summed E-state index contributed by atoms with van der Waals surface area (Å²) in [6, 6.07) is 3.91. The van der Waals surface area contributed by atoms with E-state index in [2.05, 4.69) is 16.4 Å². The van der Waals surface area contributed by atoms with Crippen LogP contribution in [0.15, 0.2) is 47.6 Å². The van der Waals surface area contributed by atoms with Crippen LogP contribution in [0.3, 0.4) is 0 Å². The highest BCUT2D eigenvalue weighted by molar-refractivity contribution is 5.96. The molecule has 0 radical (unpaired) electrons. The van der Waals surface area contributed by atoms with Crippen molar-refractivity contribution in [3.63, 3.8) is 0 Å². The van der Waals surface area contributed by atoms with Gasteiger partial charge in [0.05, 0.1) is 11.5 Å². The minimum Gasteiger partial charge on any atom is -0.459 e. The normalized spacial score (nSPS) is 26.1. The minimum absolute atomic E-state index is 0.00435. The molecule has 1 aromatic heterocycles. The van der Waals surface area contributed by atoms with E-state index in [9.17, 15) is 9.59 Å². The lowest BCUT2D eigenvalue weighted by Crippen LogP contribution is -2.41. The highest BCUT2D eigenvalue weighted by atomic mass is 16.5. The van der Waals surface area contributed by atoms with Crippen molar-refractivity contribution in [2.75, 3.05) is 0 Å². The Morgan fingerprint density at radius 2 is 1.89 bits per heavy atom. The first kappa shape index (κ1) is 18.0. The largest absolute Gasteiger partial charge is 0.459 e. The summed E-state index contributed by atoms with van der Waals surface area (Å²) in [6.45, 7) is 1.91. The molecule has 1 aromatic rings. The number of hydrogen-bond acceptors (Lipinski definition) is 4. The molecule has 1 saturated carbocycles. The highest BCUT2D eigenvalue weighted by Gasteiger charge is 2.43. The van der Waals surface area contributed by atoms with E-state index in [1.54, 1.807) is 0 Å². The van der Waals surface area contributed by atoms with Crippen LogP contribution in [0.4, 0.5) is 0 Å². The van der Waals surface area contributed by atoms with E-state index in [0.29, 0.717) is 12.0 Å². The van der Waals surface area contributed by atoms with Crippen LogP contribution in [-0.4, -0.2) is 17.9 Å². The molecule has 1 aliphatic heterocycles. The van der Waals surface area contributed by atoms with Crippen molar-refractivity contribution >= 4 is 11.8 Å². The van der Waals surface area contributed by atoms with E-state index >= 15 is 0 Å². The summed E-state index contributed by atoms with van der Waals surface area (Å²) in [4.78, 5) is 29.0. The van der Waals surface area contributed by atoms with Crippen molar-refractivity contribution in [3.8, 4) is 0 Å². The van der Waals surface area contributed by atoms with Gasteiger partial charge in [0.2, 0.25) is 0 Å². The third-order valence-corrected chi connectivity index (χ3v) is 5.97. The number of esters is 1. The fraction of sp³-hybridized carbons (Fsp3) is 0.500. The van der Waals surface area contributed by atoms with Gasteiger partial charge in [-0.2, -0.15) is 0 Å². The van der Waals surface area contributed by atoms with Gasteiger partial charge < -0.3 is 10.1 Å². The van der Waals surface area contributed by atoms with Crippen LogP contribution >= 0.6 is 0 Å². The number of hydrogen-bond donors (Lipinski definition) is 1. The smallest absolute Gasteiger partial charge is 0.336 e. The first-order valence-electron chi connectivity index (χ1n) is 10.0. The first-order chi connectivity index (χ1) is 13.1. The molecule has 5 nitrogen and oxygen atoms in total. The number of ketones is 1. The van der Waals surface area contributed by atoms with Gasteiger partial charge in [-0.1, -0.05) is 12.5 Å². The predicted molar refractivity (Wildman–Crippen MR) is 100 cm³/mol. The Balaban J connectivity index is 1.72. The van der Waals surface area contributed by atoms with Crippen molar-refractivity contribution in [1.29, 1.82) is 0 Å². The Morgan fingerprint density at radius 1 is 1.15 bits per heavy atom. The van der Waals surface area contributed by atoms with Crippen LogP contribution in [0.1, 0.15) is 63.4 Å². The number of ether oxygens (including phenoxy) is 1. The number of nitrogens with one attached hydrogen (secondary N) is 2. The van der Waals surface area contributed by atoms with E-state index in [-0.39, 0.29) is 29.7 Å². The van der Waals surface area contributed by atoms with Crippen LogP contribution in [-0.2, 0) is 14.3 Å². The van der Waals surface area contributed by atoms with E-state index in [1.807, 2.05) is 31.5 Å². The minimum atomic E-state index is -0.334. The summed E-state index contributed by atoms with van der Waals surface area (Å²) in [5.74, 6) is -0.717. The molecule has 2 atom stereocenters. The quantitative estimate of drug-likeness (QED) is 0.833. The molecular weight excluding hydrogens is 340 g/mol. The molecule has 2 aliphatic carbocycles. The fourth-order valence-corrected chi connectivity index (χ4v) is 4.65. The number of allylic oxidation sites excluding steroid dienone is 3. The number of aromatic amines is 1. The number of pyridine rings is 1. The Morgan fingerprint density at radius 3 is 2.63 bits per heavy atom. The zero-order valence-corrected chi connectivity index (χ0v) is 15.8. The number of carbonyl (C=O) groups is 2. The number of carbonyl (C=O) groups excluding carboxylic acids is 2. The van der Waals surface area contributed by atoms with Crippen LogP contribution in [0.5, 0.6) is 0 Å². The topological polar surface area (TPSA) is 69.5 Å². The molecule has 0 spiro atoms. The molecule has 2 unspecified atom stereocenters. The Hall–Kier alpha value is -2.43. The van der Waals surface area contributed by atoms with Crippen molar-refractivity contribution in [1.82, 2.24) is 5.32 Å². The molecule has 1 fully saturated rings. The molecule has 0 aromatic carbocycles. The third-order valence-electron chi connectivity index (χ3n) is 5.97. The molecule has 0 saturated heterocycles. The lowest BCUT2D eigenvalue weighted by Gasteiger charge is -2.38. The van der Waals surface area contributed by atoms with Crippen molar-refractivity contribution < 1.29 is 19.3 Å². The van der Waals surface area contributed by atoms with E-state index in [4.69, 9.17) is 4.74 Å². The number of rotatable bonds is 3. The maximum atomic E-state index is 13.2. The second-order valence-electron chi connectivity index (χ2n) is 7.78. The Bertz CT molecular complexity index is 791. The predicted octanol–water partition coefficient (Wildman–Crippen LogP) is 3.20. The van der Waals surface area contributed by atoms with E-state index in [1.165, 1.54) is 6.42 Å². The SMILES string of the molecule is CC1=C(C(=O)OC2CCCCC2)C(c2cc[nH+]cc2)C2C(=O)CCC=C2N1. The molecule has 3 aliphatic rings. The number of aromatic nitrogens is 1. The summed E-state index contributed by atoms with van der Waals surface area (Å²) in [6.07, 6.45) is 12.4. The summed E-state index contributed by atoms with van der Waals surface area (Å²) < 4.78 is 5.89. The van der Waals surface area contributed by atoms with Gasteiger partial charge in [0.25, 0.3) is 0 Å². The molecule has 0 amide bonds. The van der Waals surface area contributed by atoms with Gasteiger partial charge >= 0.3 is 5.97 Å². The third kappa shape index (κ3) is 3.55. The van der Waals surface area contributed by atoms with Crippen molar-refractivity contribution in [2.24, 2.45) is 5.92 Å². The molecule has 2 N–H and O–H groups in total. The van der Waals surface area contributed by atoms with Gasteiger partial charge in [-0.3, -0.25) is 4.79 Å². The van der Waals surface area contributed by atoms with Gasteiger partial charge in [0, 0.05) is 35.9 Å². The van der Waals surface area contributed by atoms with Gasteiger partial charge in [0.15, 0.2) is 12.4 Å². The van der Waals surface area contributed by atoms with Gasteiger partial charge in [-0.15, -0.1) is 0 Å². The average molecular weight is 367 g/mol. The molecule has 2 heterocycles. The van der Waals surface area contributed by atoms with Gasteiger partial charge in [-0.05, 0) is 44.6 Å². The lowest BCUT2D eigenvalue weighted by molar-refractivity contribution is -0.378. The van der Waals surface area contributed by atoms with Crippen LogP contribution in [0.2, 0.25) is 0 Å². The standard InChI is InChI=1S/C22H26N2O3/c1-14-19(22(26)27-16-6-3-2-4-7-16)20(15-10-12-23-13-11-15)21-17(24-14)8-5-9-18(21)25/h8,10-13,16,20-21,24H,2-7,9H2,1H3/p+1. The maximum absolute atomic E-state index is 13.2. The average Bonchev–Trinajstić information content (AvgIpc) is 2.68. The summed E-state index contributed by atoms with van der Waals surface area (Å²) in [5.41, 5.74) is 3.29. The molecular formula is C22H27N2O3+. The molecule has 4 rings (SSSR count). The monoisotopic (exact) mass is 367 g/mol. The van der Waals surface area contributed by atoms with Crippen LogP contribution in [0.25, 0.3) is 0 Å². The van der Waals surface area contributed by atoms with Crippen molar-refractivity contribution in [2.45, 2.75) is 63.9 Å². The second kappa shape index (κ2) is 7.67. The Kier molecular flexibility index (Phi) is 5.10. The second-order valence-corrected chi connectivity index (χ2v) is 7.78. The number of H-pyrrole nitrogens is 1. The van der Waals surface area contributed by atoms with Crippen LogP contribution in [0, 0.1) is 5.92 Å². The lowest BCUT2D eigenvalue weighted by atomic mass is 9.71.